The Bertz CT molecular complexity index is 854. The van der Waals surface area contributed by atoms with Crippen LogP contribution in [0.15, 0.2) is 36.4 Å². The zero-order valence-corrected chi connectivity index (χ0v) is 14.4. The third-order valence-corrected chi connectivity index (χ3v) is 5.39. The van der Waals surface area contributed by atoms with Crippen LogP contribution in [-0.2, 0) is 11.3 Å². The fraction of sp³-hybridized carbons (Fsp3) is 0.176. The van der Waals surface area contributed by atoms with Gasteiger partial charge in [-0.2, -0.15) is 0 Å². The Labute approximate surface area is 141 Å². The molecule has 118 valence electrons. The predicted molar refractivity (Wildman–Crippen MR) is 93.1 cm³/mol. The van der Waals surface area contributed by atoms with Crippen molar-refractivity contribution < 1.29 is 9.18 Å². The van der Waals surface area contributed by atoms with Crippen LogP contribution in [0.5, 0.6) is 0 Å². The summed E-state index contributed by atoms with van der Waals surface area (Å²) in [4.78, 5) is 18.9. The van der Waals surface area contributed by atoms with E-state index in [2.05, 4.69) is 10.3 Å². The smallest absolute Gasteiger partial charge is 0.217 e. The van der Waals surface area contributed by atoms with Crippen LogP contribution in [0.4, 0.5) is 4.39 Å². The minimum atomic E-state index is -0.259. The third-order valence-electron chi connectivity index (χ3n) is 3.27. The Balaban J connectivity index is 1.88. The first-order valence-corrected chi connectivity index (χ1v) is 8.73. The Morgan fingerprint density at radius 1 is 1.26 bits per heavy atom. The van der Waals surface area contributed by atoms with Crippen LogP contribution in [0.25, 0.3) is 21.1 Å². The van der Waals surface area contributed by atoms with E-state index in [-0.39, 0.29) is 11.7 Å². The van der Waals surface area contributed by atoms with Crippen molar-refractivity contribution in [3.05, 3.63) is 52.0 Å². The number of aromatic nitrogens is 1. The number of amides is 1. The van der Waals surface area contributed by atoms with Crippen LogP contribution in [0, 0.1) is 12.7 Å². The highest BCUT2D eigenvalue weighted by atomic mass is 32.1. The second-order valence-electron chi connectivity index (χ2n) is 5.11. The molecular formula is C17H15FN2OS2. The predicted octanol–water partition coefficient (Wildman–Crippen LogP) is 4.62. The number of carbonyl (C=O) groups is 1. The van der Waals surface area contributed by atoms with Crippen LogP contribution in [0.1, 0.15) is 16.7 Å². The zero-order valence-electron chi connectivity index (χ0n) is 12.7. The molecule has 3 aromatic rings. The largest absolute Gasteiger partial charge is 0.351 e. The minimum absolute atomic E-state index is 0.0434. The van der Waals surface area contributed by atoms with Crippen molar-refractivity contribution in [2.24, 2.45) is 0 Å². The summed E-state index contributed by atoms with van der Waals surface area (Å²) in [5, 5.41) is 3.60. The quantitative estimate of drug-likeness (QED) is 0.749. The van der Waals surface area contributed by atoms with Crippen molar-refractivity contribution in [2.45, 2.75) is 20.4 Å². The molecule has 2 heterocycles. The van der Waals surface area contributed by atoms with Crippen molar-refractivity contribution in [3.63, 3.8) is 0 Å². The third kappa shape index (κ3) is 3.65. The molecule has 0 saturated carbocycles. The summed E-state index contributed by atoms with van der Waals surface area (Å²) >= 11 is 3.17. The first-order valence-electron chi connectivity index (χ1n) is 7.10. The number of hydrogen-bond donors (Lipinski definition) is 1. The van der Waals surface area contributed by atoms with Gasteiger partial charge in [-0.3, -0.25) is 4.79 Å². The van der Waals surface area contributed by atoms with Gasteiger partial charge < -0.3 is 5.32 Å². The van der Waals surface area contributed by atoms with Gasteiger partial charge in [0.2, 0.25) is 5.91 Å². The van der Waals surface area contributed by atoms with Gasteiger partial charge in [0.1, 0.15) is 10.8 Å². The lowest BCUT2D eigenvalue weighted by Gasteiger charge is -1.97. The average molecular weight is 346 g/mol. The second-order valence-corrected chi connectivity index (χ2v) is 7.48. The van der Waals surface area contributed by atoms with E-state index in [1.54, 1.807) is 28.7 Å². The van der Waals surface area contributed by atoms with Crippen LogP contribution < -0.4 is 5.32 Å². The lowest BCUT2D eigenvalue weighted by molar-refractivity contribution is -0.119. The van der Waals surface area contributed by atoms with Gasteiger partial charge in [-0.05, 0) is 31.2 Å². The van der Waals surface area contributed by atoms with Gasteiger partial charge in [0.25, 0.3) is 0 Å². The van der Waals surface area contributed by atoms with Gasteiger partial charge >= 0.3 is 0 Å². The summed E-state index contributed by atoms with van der Waals surface area (Å²) in [6.45, 7) is 4.05. The molecule has 0 unspecified atom stereocenters. The highest BCUT2D eigenvalue weighted by Gasteiger charge is 2.13. The van der Waals surface area contributed by atoms with Gasteiger partial charge in [0, 0.05) is 22.2 Å². The number of nitrogens with zero attached hydrogens (tertiary/aromatic N) is 1. The fourth-order valence-electron chi connectivity index (χ4n) is 2.18. The van der Waals surface area contributed by atoms with Gasteiger partial charge in [0.15, 0.2) is 0 Å². The molecule has 0 atom stereocenters. The van der Waals surface area contributed by atoms with Gasteiger partial charge in [0.05, 0.1) is 17.1 Å². The van der Waals surface area contributed by atoms with E-state index < -0.39 is 0 Å². The molecule has 0 aliphatic rings. The molecular weight excluding hydrogens is 331 g/mol. The second kappa shape index (κ2) is 6.60. The van der Waals surface area contributed by atoms with Crippen molar-refractivity contribution in [1.82, 2.24) is 10.3 Å². The molecule has 1 amide bonds. The van der Waals surface area contributed by atoms with E-state index in [0.717, 1.165) is 30.9 Å². The molecule has 0 bridgehead atoms. The Kier molecular flexibility index (Phi) is 4.54. The Morgan fingerprint density at radius 3 is 2.83 bits per heavy atom. The van der Waals surface area contributed by atoms with Crippen molar-refractivity contribution in [2.75, 3.05) is 0 Å². The van der Waals surface area contributed by atoms with Crippen LogP contribution in [0.3, 0.4) is 0 Å². The van der Waals surface area contributed by atoms with E-state index in [4.69, 9.17) is 0 Å². The van der Waals surface area contributed by atoms with E-state index in [9.17, 15) is 9.18 Å². The minimum Gasteiger partial charge on any atom is -0.351 e. The van der Waals surface area contributed by atoms with Crippen LogP contribution >= 0.6 is 22.7 Å². The average Bonchev–Trinajstić information content (AvgIpc) is 3.11. The summed E-state index contributed by atoms with van der Waals surface area (Å²) in [5.41, 5.74) is 1.72. The molecule has 0 aliphatic carbocycles. The van der Waals surface area contributed by atoms with Gasteiger partial charge in [-0.1, -0.05) is 12.1 Å². The van der Waals surface area contributed by atoms with Crippen molar-refractivity contribution in [3.8, 4) is 21.1 Å². The highest BCUT2D eigenvalue weighted by molar-refractivity contribution is 7.17. The molecule has 1 aromatic carbocycles. The standard InChI is InChI=1S/C17H15FN2OS2/c1-10-16(15-7-6-14(23-15)9-19-11(2)21)20-17(22-10)12-4-3-5-13(18)8-12/h3-8H,9H2,1-2H3,(H,19,21). The van der Waals surface area contributed by atoms with E-state index >= 15 is 0 Å². The number of rotatable bonds is 4. The summed E-state index contributed by atoms with van der Waals surface area (Å²) in [5.74, 6) is -0.302. The molecule has 3 nitrogen and oxygen atoms in total. The molecule has 0 fully saturated rings. The van der Waals surface area contributed by atoms with Crippen LogP contribution in [0.2, 0.25) is 0 Å². The van der Waals surface area contributed by atoms with Crippen LogP contribution in [-0.4, -0.2) is 10.9 Å². The fourth-order valence-corrected chi connectivity index (χ4v) is 4.16. The highest BCUT2D eigenvalue weighted by Crippen LogP contribution is 2.36. The number of carbonyl (C=O) groups excluding carboxylic acids is 1. The van der Waals surface area contributed by atoms with Gasteiger partial charge in [-0.15, -0.1) is 22.7 Å². The van der Waals surface area contributed by atoms with Gasteiger partial charge in [-0.25, -0.2) is 9.37 Å². The number of thiazole rings is 1. The number of nitrogens with one attached hydrogen (secondary N) is 1. The molecule has 6 heteroatoms. The Hall–Kier alpha value is -2.05. The SMILES string of the molecule is CC(=O)NCc1ccc(-c2nc(-c3cccc(F)c3)sc2C)s1. The van der Waals surface area contributed by atoms with Crippen molar-refractivity contribution >= 4 is 28.6 Å². The van der Waals surface area contributed by atoms with E-state index in [0.29, 0.717) is 6.54 Å². The molecule has 0 spiro atoms. The lowest BCUT2D eigenvalue weighted by Crippen LogP contribution is -2.17. The molecule has 2 aromatic heterocycles. The first kappa shape index (κ1) is 15.8. The molecule has 0 radical (unpaired) electrons. The lowest BCUT2D eigenvalue weighted by atomic mass is 10.2. The number of hydrogen-bond acceptors (Lipinski definition) is 4. The molecule has 3 rings (SSSR count). The maximum absolute atomic E-state index is 13.4. The monoisotopic (exact) mass is 346 g/mol. The maximum atomic E-state index is 13.4. The Morgan fingerprint density at radius 2 is 2.09 bits per heavy atom. The summed E-state index contributed by atoms with van der Waals surface area (Å²) < 4.78 is 13.4. The molecule has 23 heavy (non-hydrogen) atoms. The summed E-state index contributed by atoms with van der Waals surface area (Å²) in [6.07, 6.45) is 0. The maximum Gasteiger partial charge on any atom is 0.217 e. The molecule has 1 N–H and O–H groups in total. The summed E-state index contributed by atoms with van der Waals surface area (Å²) in [6, 6.07) is 10.5. The number of aryl methyl sites for hydroxylation is 1. The zero-order chi connectivity index (χ0) is 16.4. The first-order chi connectivity index (χ1) is 11.0. The van der Waals surface area contributed by atoms with E-state index in [1.807, 2.05) is 25.1 Å². The molecule has 0 saturated heterocycles. The number of thiophene rings is 1. The normalized spacial score (nSPS) is 10.7. The van der Waals surface area contributed by atoms with E-state index in [1.165, 1.54) is 19.1 Å². The topological polar surface area (TPSA) is 42.0 Å². The number of halogens is 1. The number of benzene rings is 1. The van der Waals surface area contributed by atoms with Crippen molar-refractivity contribution in [1.29, 1.82) is 0 Å². The summed E-state index contributed by atoms with van der Waals surface area (Å²) in [7, 11) is 0. The molecule has 0 aliphatic heterocycles.